The average molecular weight is 625 g/mol. The van der Waals surface area contributed by atoms with Gasteiger partial charge in [0.1, 0.15) is 18.7 Å². The summed E-state index contributed by atoms with van der Waals surface area (Å²) in [5.41, 5.74) is 6.87. The summed E-state index contributed by atoms with van der Waals surface area (Å²) in [4.78, 5) is 36.8. The van der Waals surface area contributed by atoms with E-state index in [1.165, 1.54) is 0 Å². The maximum absolute atomic E-state index is 12.7. The molecule has 2 aliphatic rings. The van der Waals surface area contributed by atoms with Crippen LogP contribution in [-0.2, 0) is 20.9 Å². The second-order valence-electron chi connectivity index (χ2n) is 12.9. The second kappa shape index (κ2) is 21.2. The van der Waals surface area contributed by atoms with Crippen molar-refractivity contribution >= 4 is 17.9 Å². The van der Waals surface area contributed by atoms with Crippen molar-refractivity contribution in [2.24, 2.45) is 29.4 Å². The summed E-state index contributed by atoms with van der Waals surface area (Å²) in [6, 6.07) is 12.6. The van der Waals surface area contributed by atoms with Crippen LogP contribution in [0.5, 0.6) is 0 Å². The zero-order valence-electron chi connectivity index (χ0n) is 26.9. The summed E-state index contributed by atoms with van der Waals surface area (Å²) >= 11 is 0. The molecule has 0 radical (unpaired) electrons. The quantitative estimate of drug-likeness (QED) is 0.244. The number of hydrogen-bond donors (Lipinski definition) is 4. The standard InChI is InChI=1S/C21H29N3O3.C13H23N3O.CH4/c1-15(2)12-17(13-22)23-20(25)18-10-6-7-11-19(18)24-21(26)27-14-16-8-4-3-5-9-16;1-9(2)7-10(8-14)16-13(17)11-5-3-4-6-12(11)15;/h3-5,8-9,15,17-19H,6-7,10-12,14H2,1-2H3,(H,23,25)(H,24,26);9-12H,3-7,15H2,1-2H3,(H,16,17);1H4/t17-,18+,19-;10-,11+,12-;/m00./s1. The average Bonchev–Trinajstić information content (AvgIpc) is 3.00. The largest absolute Gasteiger partial charge is 0.445 e. The minimum absolute atomic E-state index is 0. The lowest BCUT2D eigenvalue weighted by atomic mass is 9.83. The molecule has 3 rings (SSSR count). The van der Waals surface area contributed by atoms with Crippen LogP contribution in [0.4, 0.5) is 4.79 Å². The first-order valence-electron chi connectivity index (χ1n) is 16.2. The van der Waals surface area contributed by atoms with Crippen molar-refractivity contribution in [3.63, 3.8) is 0 Å². The Morgan fingerprint density at radius 1 is 0.822 bits per heavy atom. The fourth-order valence-electron chi connectivity index (χ4n) is 5.81. The molecule has 0 aliphatic heterocycles. The first-order valence-corrected chi connectivity index (χ1v) is 16.2. The zero-order valence-corrected chi connectivity index (χ0v) is 26.9. The molecule has 1 aromatic rings. The van der Waals surface area contributed by atoms with E-state index in [0.29, 0.717) is 31.1 Å². The fraction of sp³-hybridized carbons (Fsp3) is 0.686. The van der Waals surface area contributed by atoms with Gasteiger partial charge in [-0.1, -0.05) is 91.1 Å². The van der Waals surface area contributed by atoms with Gasteiger partial charge in [0.25, 0.3) is 0 Å². The molecule has 2 aliphatic carbocycles. The molecule has 0 bridgehead atoms. The van der Waals surface area contributed by atoms with Gasteiger partial charge in [0.05, 0.1) is 24.0 Å². The molecular formula is C35H56N6O4. The molecule has 6 atom stereocenters. The van der Waals surface area contributed by atoms with Crippen molar-refractivity contribution in [3.05, 3.63) is 35.9 Å². The van der Waals surface area contributed by atoms with Crippen LogP contribution in [0.25, 0.3) is 0 Å². The van der Waals surface area contributed by atoms with Gasteiger partial charge in [0.2, 0.25) is 11.8 Å². The van der Waals surface area contributed by atoms with E-state index >= 15 is 0 Å². The van der Waals surface area contributed by atoms with E-state index in [4.69, 9.17) is 15.7 Å². The van der Waals surface area contributed by atoms with E-state index in [0.717, 1.165) is 50.5 Å². The minimum Gasteiger partial charge on any atom is -0.445 e. The van der Waals surface area contributed by atoms with Gasteiger partial charge >= 0.3 is 6.09 Å². The number of nitrogens with zero attached hydrogens (tertiary/aromatic N) is 2. The van der Waals surface area contributed by atoms with Crippen molar-refractivity contribution in [3.8, 4) is 12.1 Å². The molecular weight excluding hydrogens is 568 g/mol. The topological polar surface area (TPSA) is 170 Å². The highest BCUT2D eigenvalue weighted by Crippen LogP contribution is 2.26. The number of nitrogens with one attached hydrogen (secondary N) is 3. The van der Waals surface area contributed by atoms with Gasteiger partial charge in [0.15, 0.2) is 0 Å². The number of carbonyl (C=O) groups is 3. The number of amides is 3. The number of nitrogens with two attached hydrogens (primary N) is 1. The molecule has 10 heteroatoms. The number of carbonyl (C=O) groups excluding carboxylic acids is 3. The highest BCUT2D eigenvalue weighted by molar-refractivity contribution is 5.81. The zero-order chi connectivity index (χ0) is 32.5. The summed E-state index contributed by atoms with van der Waals surface area (Å²) in [6.07, 6.45) is 8.09. The molecule has 3 amide bonds. The van der Waals surface area contributed by atoms with Crippen LogP contribution in [0.2, 0.25) is 0 Å². The molecule has 2 fully saturated rings. The lowest BCUT2D eigenvalue weighted by molar-refractivity contribution is -0.127. The molecule has 0 spiro atoms. The van der Waals surface area contributed by atoms with Crippen LogP contribution in [-0.4, -0.2) is 42.1 Å². The van der Waals surface area contributed by atoms with Crippen LogP contribution < -0.4 is 21.7 Å². The van der Waals surface area contributed by atoms with Crippen LogP contribution in [0, 0.1) is 46.3 Å². The summed E-state index contributed by atoms with van der Waals surface area (Å²) in [5, 5.41) is 26.8. The number of alkyl carbamates (subject to hydrolysis) is 1. The van der Waals surface area contributed by atoms with Crippen molar-refractivity contribution < 1.29 is 19.1 Å². The molecule has 0 unspecified atom stereocenters. The first kappa shape index (κ1) is 39.4. The first-order chi connectivity index (χ1) is 21.0. The molecule has 1 aromatic carbocycles. The third-order valence-corrected chi connectivity index (χ3v) is 8.13. The molecule has 2 saturated carbocycles. The number of nitriles is 2. The monoisotopic (exact) mass is 624 g/mol. The lowest BCUT2D eigenvalue weighted by Crippen LogP contribution is -2.50. The molecule has 0 saturated heterocycles. The predicted octanol–water partition coefficient (Wildman–Crippen LogP) is 5.72. The van der Waals surface area contributed by atoms with Crippen molar-refractivity contribution in [2.75, 3.05) is 0 Å². The number of rotatable bonds is 11. The van der Waals surface area contributed by atoms with Gasteiger partial charge in [-0.15, -0.1) is 0 Å². The Bertz CT molecular complexity index is 1110. The van der Waals surface area contributed by atoms with Gasteiger partial charge in [-0.25, -0.2) is 4.79 Å². The normalized spacial score (nSPS) is 22.2. The Balaban J connectivity index is 0.000000487. The SMILES string of the molecule is C.CC(C)C[C@@H](C#N)NC(=O)[C@@H]1CCCC[C@@H]1N.CC(C)C[C@@H](C#N)NC(=O)[C@@H]1CCCC[C@@H]1NC(=O)OCc1ccccc1. The van der Waals surface area contributed by atoms with Crippen LogP contribution in [0.15, 0.2) is 30.3 Å². The van der Waals surface area contributed by atoms with Crippen molar-refractivity contribution in [1.82, 2.24) is 16.0 Å². The smallest absolute Gasteiger partial charge is 0.407 e. The molecule has 45 heavy (non-hydrogen) atoms. The van der Waals surface area contributed by atoms with Crippen molar-refractivity contribution in [1.29, 1.82) is 10.5 Å². The maximum Gasteiger partial charge on any atom is 0.407 e. The highest BCUT2D eigenvalue weighted by atomic mass is 16.5. The Kier molecular flexibility index (Phi) is 18.5. The van der Waals surface area contributed by atoms with E-state index < -0.39 is 12.1 Å². The van der Waals surface area contributed by atoms with Crippen LogP contribution in [0.3, 0.4) is 0 Å². The molecule has 0 aromatic heterocycles. The lowest BCUT2D eigenvalue weighted by Gasteiger charge is -2.31. The van der Waals surface area contributed by atoms with E-state index in [2.05, 4.69) is 28.1 Å². The van der Waals surface area contributed by atoms with Gasteiger partial charge in [-0.05, 0) is 55.9 Å². The maximum atomic E-state index is 12.7. The van der Waals surface area contributed by atoms with E-state index in [9.17, 15) is 19.6 Å². The van der Waals surface area contributed by atoms with Crippen LogP contribution in [0.1, 0.15) is 105 Å². The molecule has 10 nitrogen and oxygen atoms in total. The summed E-state index contributed by atoms with van der Waals surface area (Å²) in [5.74, 6) is 0.0978. The van der Waals surface area contributed by atoms with Gasteiger partial charge < -0.3 is 26.4 Å². The Labute approximate surface area is 270 Å². The second-order valence-corrected chi connectivity index (χ2v) is 12.9. The van der Waals surface area contributed by atoms with Crippen molar-refractivity contribution in [2.45, 2.75) is 130 Å². The predicted molar refractivity (Wildman–Crippen MR) is 176 cm³/mol. The fourth-order valence-corrected chi connectivity index (χ4v) is 5.81. The molecule has 0 heterocycles. The highest BCUT2D eigenvalue weighted by Gasteiger charge is 2.33. The Hall–Kier alpha value is -3.63. The van der Waals surface area contributed by atoms with Gasteiger partial charge in [0, 0.05) is 12.1 Å². The van der Waals surface area contributed by atoms with Crippen LogP contribution >= 0.6 is 0 Å². The third-order valence-electron chi connectivity index (χ3n) is 8.13. The number of ether oxygens (including phenoxy) is 1. The van der Waals surface area contributed by atoms with Gasteiger partial charge in [-0.3, -0.25) is 9.59 Å². The van der Waals surface area contributed by atoms with E-state index in [1.54, 1.807) is 0 Å². The van der Waals surface area contributed by atoms with Gasteiger partial charge in [-0.2, -0.15) is 10.5 Å². The Morgan fingerprint density at radius 3 is 1.82 bits per heavy atom. The molecule has 5 N–H and O–H groups in total. The van der Waals surface area contributed by atoms with E-state index in [-0.39, 0.29) is 55.8 Å². The third kappa shape index (κ3) is 14.8. The molecule has 250 valence electrons. The van der Waals surface area contributed by atoms with E-state index in [1.807, 2.05) is 58.0 Å². The minimum atomic E-state index is -0.512. The number of benzene rings is 1. The number of hydrogen-bond acceptors (Lipinski definition) is 7. The summed E-state index contributed by atoms with van der Waals surface area (Å²) < 4.78 is 5.28. The summed E-state index contributed by atoms with van der Waals surface area (Å²) in [7, 11) is 0. The summed E-state index contributed by atoms with van der Waals surface area (Å²) in [6.45, 7) is 8.32. The Morgan fingerprint density at radius 2 is 1.31 bits per heavy atom.